The molecule has 174 valence electrons. The van der Waals surface area contributed by atoms with Crippen molar-refractivity contribution in [1.82, 2.24) is 19.3 Å². The summed E-state index contributed by atoms with van der Waals surface area (Å²) in [4.78, 5) is 15.2. The third-order valence-corrected chi connectivity index (χ3v) is 7.98. The van der Waals surface area contributed by atoms with E-state index in [2.05, 4.69) is 10.3 Å². The Morgan fingerprint density at radius 1 is 1.15 bits per heavy atom. The molecule has 1 aliphatic rings. The summed E-state index contributed by atoms with van der Waals surface area (Å²) in [5, 5.41) is 8.32. The number of fused-ring (bicyclic) bond motifs is 1. The number of ether oxygens (including phenoxy) is 1. The largest absolute Gasteiger partial charge is 0.497 e. The Balaban J connectivity index is 1.63. The molecule has 0 spiro atoms. The first-order valence-corrected chi connectivity index (χ1v) is 12.3. The molecule has 0 unspecified atom stereocenters. The molecule has 1 aliphatic heterocycles. The van der Waals surface area contributed by atoms with Gasteiger partial charge in [0.2, 0.25) is 10.0 Å². The predicted molar refractivity (Wildman–Crippen MR) is 125 cm³/mol. The molecular formula is C23H27N5O4S. The Kier molecular flexibility index (Phi) is 6.22. The molecule has 4 rings (SSSR count). The zero-order valence-electron chi connectivity index (χ0n) is 19.1. The molecule has 1 aromatic heterocycles. The molecule has 2 aromatic carbocycles. The first-order valence-electron chi connectivity index (χ1n) is 10.8. The highest BCUT2D eigenvalue weighted by molar-refractivity contribution is 7.89. The van der Waals surface area contributed by atoms with Gasteiger partial charge < -0.3 is 9.64 Å². The molecule has 33 heavy (non-hydrogen) atoms. The number of nitrogens with zero attached hydrogens (tertiary/aromatic N) is 5. The number of methoxy groups -OCH3 is 1. The highest BCUT2D eigenvalue weighted by Gasteiger charge is 2.31. The van der Waals surface area contributed by atoms with Crippen molar-refractivity contribution in [2.45, 2.75) is 32.1 Å². The van der Waals surface area contributed by atoms with Crippen molar-refractivity contribution in [2.75, 3.05) is 31.6 Å². The number of benzene rings is 2. The molecule has 0 N–H and O–H groups in total. The van der Waals surface area contributed by atoms with E-state index in [0.29, 0.717) is 43.2 Å². The summed E-state index contributed by atoms with van der Waals surface area (Å²) in [6.45, 7) is 6.69. The average Bonchev–Trinajstić information content (AvgIpc) is 3.42. The summed E-state index contributed by atoms with van der Waals surface area (Å²) in [5.41, 5.74) is 3.14. The third kappa shape index (κ3) is 4.00. The standard InChI is InChI=1S/C23H27N5O4S/c1-5-26(6-2)33(30,31)20-10-11-21-17(14-20)12-13-27(21)23(29)22-16(3)28(25-24-22)18-8-7-9-19(15-18)32-4/h7-11,14-15H,5-6,12-13H2,1-4H3. The Bertz CT molecular complexity index is 1300. The van der Waals surface area contributed by atoms with Crippen molar-refractivity contribution in [3.05, 3.63) is 59.4 Å². The maximum atomic E-state index is 13.3. The summed E-state index contributed by atoms with van der Waals surface area (Å²) < 4.78 is 34.0. The fourth-order valence-corrected chi connectivity index (χ4v) is 5.61. The van der Waals surface area contributed by atoms with E-state index in [4.69, 9.17) is 4.74 Å². The number of sulfonamides is 1. The molecule has 0 atom stereocenters. The number of amides is 1. The van der Waals surface area contributed by atoms with Crippen LogP contribution < -0.4 is 9.64 Å². The molecule has 0 radical (unpaired) electrons. The van der Waals surface area contributed by atoms with E-state index < -0.39 is 10.0 Å². The van der Waals surface area contributed by atoms with Crippen LogP contribution in [-0.2, 0) is 16.4 Å². The molecule has 9 nitrogen and oxygen atoms in total. The third-order valence-electron chi connectivity index (χ3n) is 5.93. The van der Waals surface area contributed by atoms with Gasteiger partial charge >= 0.3 is 0 Å². The first-order chi connectivity index (χ1) is 15.8. The number of carbonyl (C=O) groups excluding carboxylic acids is 1. The lowest BCUT2D eigenvalue weighted by Crippen LogP contribution is -2.31. The maximum absolute atomic E-state index is 13.3. The van der Waals surface area contributed by atoms with Gasteiger partial charge in [0.1, 0.15) is 5.75 Å². The number of hydrogen-bond acceptors (Lipinski definition) is 6. The molecule has 3 aromatic rings. The highest BCUT2D eigenvalue weighted by atomic mass is 32.2. The van der Waals surface area contributed by atoms with E-state index in [-0.39, 0.29) is 16.5 Å². The average molecular weight is 470 g/mol. The number of hydrogen-bond donors (Lipinski definition) is 0. The van der Waals surface area contributed by atoms with E-state index in [1.54, 1.807) is 41.8 Å². The Labute approximate surface area is 193 Å². The second-order valence-electron chi connectivity index (χ2n) is 7.72. The molecular weight excluding hydrogens is 442 g/mol. The van der Waals surface area contributed by atoms with Crippen molar-refractivity contribution in [2.24, 2.45) is 0 Å². The first kappa shape index (κ1) is 22.9. The Morgan fingerprint density at radius 2 is 1.91 bits per heavy atom. The minimum absolute atomic E-state index is 0.249. The number of carbonyl (C=O) groups is 1. The van der Waals surface area contributed by atoms with Gasteiger partial charge in [0, 0.05) is 31.4 Å². The Hall–Kier alpha value is -3.24. The van der Waals surface area contributed by atoms with Gasteiger partial charge in [0.25, 0.3) is 5.91 Å². The topological polar surface area (TPSA) is 97.6 Å². The van der Waals surface area contributed by atoms with Crippen LogP contribution in [0.15, 0.2) is 47.4 Å². The van der Waals surface area contributed by atoms with Crippen molar-refractivity contribution >= 4 is 21.6 Å². The summed E-state index contributed by atoms with van der Waals surface area (Å²) >= 11 is 0. The van der Waals surface area contributed by atoms with E-state index in [1.807, 2.05) is 38.1 Å². The molecule has 0 saturated carbocycles. The quantitative estimate of drug-likeness (QED) is 0.528. The van der Waals surface area contributed by atoms with Crippen LogP contribution >= 0.6 is 0 Å². The van der Waals surface area contributed by atoms with E-state index in [0.717, 1.165) is 11.3 Å². The molecule has 0 fully saturated rings. The van der Waals surface area contributed by atoms with Crippen LogP contribution in [0.5, 0.6) is 5.75 Å². The second-order valence-corrected chi connectivity index (χ2v) is 9.66. The number of rotatable bonds is 7. The Morgan fingerprint density at radius 3 is 2.61 bits per heavy atom. The second kappa shape index (κ2) is 8.95. The normalized spacial score (nSPS) is 13.4. The zero-order chi connectivity index (χ0) is 23.8. The fraction of sp³-hybridized carbons (Fsp3) is 0.348. The minimum Gasteiger partial charge on any atom is -0.497 e. The summed E-state index contributed by atoms with van der Waals surface area (Å²) in [6, 6.07) is 12.3. The SMILES string of the molecule is CCN(CC)S(=O)(=O)c1ccc2c(c1)CCN2C(=O)c1nnn(-c2cccc(OC)c2)c1C. The zero-order valence-corrected chi connectivity index (χ0v) is 20.0. The van der Waals surface area contributed by atoms with Crippen LogP contribution in [0.1, 0.15) is 35.6 Å². The summed E-state index contributed by atoms with van der Waals surface area (Å²) in [5.74, 6) is 0.416. The molecule has 0 aliphatic carbocycles. The van der Waals surface area contributed by atoms with Gasteiger partial charge in [0.05, 0.1) is 23.4 Å². The maximum Gasteiger partial charge on any atom is 0.280 e. The van der Waals surface area contributed by atoms with Crippen molar-refractivity contribution in [1.29, 1.82) is 0 Å². The lowest BCUT2D eigenvalue weighted by Gasteiger charge is -2.20. The number of aromatic nitrogens is 3. The van der Waals surface area contributed by atoms with E-state index >= 15 is 0 Å². The van der Waals surface area contributed by atoms with Gasteiger partial charge in [-0.3, -0.25) is 4.79 Å². The van der Waals surface area contributed by atoms with Crippen molar-refractivity contribution < 1.29 is 17.9 Å². The van der Waals surface area contributed by atoms with Gasteiger partial charge in [-0.1, -0.05) is 25.1 Å². The molecule has 2 heterocycles. The van der Waals surface area contributed by atoms with Crippen LogP contribution in [0, 0.1) is 6.92 Å². The molecule has 10 heteroatoms. The lowest BCUT2D eigenvalue weighted by atomic mass is 10.2. The summed E-state index contributed by atoms with van der Waals surface area (Å²) in [6.07, 6.45) is 0.575. The van der Waals surface area contributed by atoms with E-state index in [1.165, 1.54) is 4.31 Å². The van der Waals surface area contributed by atoms with Gasteiger partial charge in [-0.2, -0.15) is 4.31 Å². The molecule has 1 amide bonds. The van der Waals surface area contributed by atoms with E-state index in [9.17, 15) is 13.2 Å². The van der Waals surface area contributed by atoms with Crippen molar-refractivity contribution in [3.8, 4) is 11.4 Å². The van der Waals surface area contributed by atoms with Crippen LogP contribution in [0.2, 0.25) is 0 Å². The number of anilines is 1. The predicted octanol–water partition coefficient (Wildman–Crippen LogP) is 2.82. The van der Waals surface area contributed by atoms with Crippen LogP contribution in [0.25, 0.3) is 5.69 Å². The van der Waals surface area contributed by atoms with Gasteiger partial charge in [-0.25, -0.2) is 13.1 Å². The smallest absolute Gasteiger partial charge is 0.280 e. The monoisotopic (exact) mass is 469 g/mol. The van der Waals surface area contributed by atoms with Crippen molar-refractivity contribution in [3.63, 3.8) is 0 Å². The van der Waals surface area contributed by atoms with Crippen LogP contribution in [-0.4, -0.2) is 60.4 Å². The van der Waals surface area contributed by atoms with Gasteiger partial charge in [-0.05, 0) is 49.2 Å². The molecule has 0 bridgehead atoms. The van der Waals surface area contributed by atoms with Gasteiger partial charge in [-0.15, -0.1) is 5.10 Å². The van der Waals surface area contributed by atoms with Gasteiger partial charge in [0.15, 0.2) is 5.69 Å². The summed E-state index contributed by atoms with van der Waals surface area (Å²) in [7, 11) is -1.97. The lowest BCUT2D eigenvalue weighted by molar-refractivity contribution is 0.0984. The molecule has 0 saturated heterocycles. The van der Waals surface area contributed by atoms with Crippen LogP contribution in [0.3, 0.4) is 0 Å². The van der Waals surface area contributed by atoms with Crippen LogP contribution in [0.4, 0.5) is 5.69 Å². The highest BCUT2D eigenvalue weighted by Crippen LogP contribution is 2.32. The fourth-order valence-electron chi connectivity index (χ4n) is 4.10. The minimum atomic E-state index is -3.56.